The topological polar surface area (TPSA) is 90.5 Å². The van der Waals surface area contributed by atoms with Crippen molar-refractivity contribution in [3.8, 4) is 17.8 Å². The van der Waals surface area contributed by atoms with Crippen molar-refractivity contribution >= 4 is 21.9 Å². The molecular formula is C18H25N2O4+. The van der Waals surface area contributed by atoms with Crippen LogP contribution in [-0.2, 0) is 0 Å². The highest BCUT2D eigenvalue weighted by molar-refractivity contribution is 6.09. The Morgan fingerprint density at radius 1 is 1.08 bits per heavy atom. The lowest BCUT2D eigenvalue weighted by Gasteiger charge is -1.98. The summed E-state index contributed by atoms with van der Waals surface area (Å²) in [6.45, 7) is 12.0. The quantitative estimate of drug-likeness (QED) is 0.381. The molecule has 0 unspecified atom stereocenters. The zero-order valence-electron chi connectivity index (χ0n) is 15.0. The second-order valence-electron chi connectivity index (χ2n) is 3.69. The lowest BCUT2D eigenvalue weighted by molar-refractivity contribution is -0.903. The van der Waals surface area contributed by atoms with Gasteiger partial charge in [-0.25, -0.2) is 0 Å². The van der Waals surface area contributed by atoms with Crippen molar-refractivity contribution in [2.45, 2.75) is 41.5 Å². The zero-order valence-corrected chi connectivity index (χ0v) is 15.0. The van der Waals surface area contributed by atoms with Crippen LogP contribution in [0.5, 0.6) is 11.5 Å². The van der Waals surface area contributed by atoms with Crippen LogP contribution in [-0.4, -0.2) is 10.3 Å². The van der Waals surface area contributed by atoms with Gasteiger partial charge >= 0.3 is 0 Å². The SMILES string of the molecule is CC.CC.CC.N#COc1ccc(O)c2oc3cc[n+](O)cc3c12. The van der Waals surface area contributed by atoms with Gasteiger partial charge in [-0.15, -0.1) is 5.26 Å². The Labute approximate surface area is 142 Å². The number of nitrogens with zero attached hydrogens (tertiary/aromatic N) is 2. The van der Waals surface area contributed by atoms with Gasteiger partial charge in [0.05, 0.1) is 11.5 Å². The van der Waals surface area contributed by atoms with E-state index in [-0.39, 0.29) is 17.1 Å². The molecule has 2 N–H and O–H groups in total. The predicted molar refractivity (Wildman–Crippen MR) is 93.0 cm³/mol. The number of phenols is 1. The Morgan fingerprint density at radius 2 is 1.71 bits per heavy atom. The lowest BCUT2D eigenvalue weighted by Crippen LogP contribution is -2.27. The molecule has 3 aromatic rings. The van der Waals surface area contributed by atoms with Crippen molar-refractivity contribution in [3.05, 3.63) is 30.6 Å². The molecule has 0 amide bonds. The second kappa shape index (κ2) is 10.7. The minimum absolute atomic E-state index is 0.0593. The van der Waals surface area contributed by atoms with Gasteiger partial charge in [0.25, 0.3) is 6.26 Å². The Hall–Kier alpha value is -2.94. The van der Waals surface area contributed by atoms with Gasteiger partial charge in [0.2, 0.25) is 12.4 Å². The average molecular weight is 333 g/mol. The largest absolute Gasteiger partial charge is 0.504 e. The number of phenolic OH excluding ortho intramolecular Hbond substituents is 1. The molecule has 0 bridgehead atoms. The Morgan fingerprint density at radius 3 is 2.29 bits per heavy atom. The molecule has 0 aliphatic carbocycles. The van der Waals surface area contributed by atoms with E-state index in [0.29, 0.717) is 16.4 Å². The van der Waals surface area contributed by atoms with E-state index in [1.807, 2.05) is 41.5 Å². The minimum Gasteiger partial charge on any atom is -0.504 e. The number of hydrogen-bond donors (Lipinski definition) is 2. The number of pyridine rings is 1. The molecule has 3 rings (SSSR count). The molecule has 24 heavy (non-hydrogen) atoms. The zero-order chi connectivity index (χ0) is 18.7. The molecule has 1 aromatic carbocycles. The van der Waals surface area contributed by atoms with Crippen molar-refractivity contribution in [1.29, 1.82) is 5.26 Å². The van der Waals surface area contributed by atoms with E-state index < -0.39 is 0 Å². The van der Waals surface area contributed by atoms with E-state index in [1.165, 1.54) is 24.5 Å². The number of nitriles is 1. The summed E-state index contributed by atoms with van der Waals surface area (Å²) in [4.78, 5) is 0. The normalized spacial score (nSPS) is 8.71. The van der Waals surface area contributed by atoms with Crippen molar-refractivity contribution < 1.29 is 24.2 Å². The van der Waals surface area contributed by atoms with Crippen LogP contribution in [0.4, 0.5) is 0 Å². The van der Waals surface area contributed by atoms with Gasteiger partial charge < -0.3 is 14.3 Å². The van der Waals surface area contributed by atoms with Gasteiger partial charge in [0.1, 0.15) is 11.0 Å². The van der Waals surface area contributed by atoms with Crippen LogP contribution in [0.15, 0.2) is 35.0 Å². The van der Waals surface area contributed by atoms with Crippen molar-refractivity contribution in [3.63, 3.8) is 0 Å². The summed E-state index contributed by atoms with van der Waals surface area (Å²) in [5.41, 5.74) is 0.684. The van der Waals surface area contributed by atoms with Gasteiger partial charge in [-0.05, 0) is 12.1 Å². The van der Waals surface area contributed by atoms with Crippen LogP contribution in [0.2, 0.25) is 0 Å². The van der Waals surface area contributed by atoms with Crippen molar-refractivity contribution in [1.82, 2.24) is 0 Å². The molecule has 0 saturated carbocycles. The first-order valence-corrected chi connectivity index (χ1v) is 8.05. The van der Waals surface area contributed by atoms with Crippen molar-refractivity contribution in [2.75, 3.05) is 0 Å². The number of aromatic hydroxyl groups is 1. The van der Waals surface area contributed by atoms with Gasteiger partial charge in [-0.3, -0.25) is 5.21 Å². The third kappa shape index (κ3) is 4.29. The lowest BCUT2D eigenvalue weighted by atomic mass is 10.1. The highest BCUT2D eigenvalue weighted by Gasteiger charge is 2.18. The fourth-order valence-electron chi connectivity index (χ4n) is 1.91. The summed E-state index contributed by atoms with van der Waals surface area (Å²) in [6, 6.07) is 4.39. The number of rotatable bonds is 1. The monoisotopic (exact) mass is 333 g/mol. The maximum Gasteiger partial charge on any atom is 0.292 e. The molecule has 2 heterocycles. The number of ether oxygens (including phenoxy) is 1. The first-order valence-electron chi connectivity index (χ1n) is 8.05. The van der Waals surface area contributed by atoms with Crippen LogP contribution in [0, 0.1) is 11.5 Å². The van der Waals surface area contributed by atoms with Gasteiger partial charge in [0, 0.05) is 4.73 Å². The maximum absolute atomic E-state index is 9.73. The van der Waals surface area contributed by atoms with E-state index in [0.717, 1.165) is 4.73 Å². The van der Waals surface area contributed by atoms with Gasteiger partial charge in [-0.1, -0.05) is 41.5 Å². The fraction of sp³-hybridized carbons (Fsp3) is 0.333. The Kier molecular flexibility index (Phi) is 9.42. The molecule has 2 aromatic heterocycles. The average Bonchev–Trinajstić information content (AvgIpc) is 3.02. The van der Waals surface area contributed by atoms with E-state index in [2.05, 4.69) is 0 Å². The third-order valence-electron chi connectivity index (χ3n) is 2.64. The third-order valence-corrected chi connectivity index (χ3v) is 2.64. The molecule has 6 heteroatoms. The number of benzene rings is 1. The summed E-state index contributed by atoms with van der Waals surface area (Å²) in [7, 11) is 0. The molecule has 0 saturated heterocycles. The van der Waals surface area contributed by atoms with Gasteiger partial charge in [-0.2, -0.15) is 0 Å². The molecule has 6 nitrogen and oxygen atoms in total. The van der Waals surface area contributed by atoms with E-state index in [9.17, 15) is 10.3 Å². The van der Waals surface area contributed by atoms with Crippen LogP contribution in [0.1, 0.15) is 41.5 Å². The summed E-state index contributed by atoms with van der Waals surface area (Å²) >= 11 is 0. The molecule has 0 radical (unpaired) electrons. The van der Waals surface area contributed by atoms with E-state index in [1.54, 1.807) is 12.3 Å². The minimum atomic E-state index is -0.0593. The van der Waals surface area contributed by atoms with E-state index in [4.69, 9.17) is 14.4 Å². The van der Waals surface area contributed by atoms with Crippen LogP contribution in [0.3, 0.4) is 0 Å². The molecular weight excluding hydrogens is 308 g/mol. The molecule has 0 atom stereocenters. The molecule has 0 fully saturated rings. The standard InChI is InChI=1S/C12H6N2O4.3C2H6/c13-6-17-10-2-1-8(15)12-11(10)7-5-14(16)4-3-9(7)18-12;3*1-2/h1-5H,(H-,15,16);3*1-2H3/p+1. The predicted octanol–water partition coefficient (Wildman–Crippen LogP) is 4.75. The molecule has 130 valence electrons. The molecule has 0 aliphatic heterocycles. The Balaban J connectivity index is 0.000000798. The second-order valence-corrected chi connectivity index (χ2v) is 3.69. The van der Waals surface area contributed by atoms with Crippen LogP contribution >= 0.6 is 0 Å². The van der Waals surface area contributed by atoms with E-state index >= 15 is 0 Å². The summed E-state index contributed by atoms with van der Waals surface area (Å²) < 4.78 is 11.1. The summed E-state index contributed by atoms with van der Waals surface area (Å²) in [5.74, 6) is 0.200. The number of aromatic nitrogens is 1. The van der Waals surface area contributed by atoms with Crippen LogP contribution in [0.25, 0.3) is 21.9 Å². The highest BCUT2D eigenvalue weighted by Crippen LogP contribution is 2.39. The highest BCUT2D eigenvalue weighted by atomic mass is 16.5. The van der Waals surface area contributed by atoms with Gasteiger partial charge in [0.15, 0.2) is 17.1 Å². The first-order chi connectivity index (χ1) is 11.7. The Bertz CT molecular complexity index is 804. The number of hydrogen-bond acceptors (Lipinski definition) is 5. The molecule has 0 aliphatic rings. The van der Waals surface area contributed by atoms with Crippen LogP contribution < -0.4 is 9.47 Å². The fourth-order valence-corrected chi connectivity index (χ4v) is 1.91. The number of furan rings is 1. The maximum atomic E-state index is 9.73. The smallest absolute Gasteiger partial charge is 0.292 e. The first kappa shape index (κ1) is 21.1. The summed E-state index contributed by atoms with van der Waals surface area (Å²) in [6.07, 6.45) is 4.38. The molecule has 0 spiro atoms. The summed E-state index contributed by atoms with van der Waals surface area (Å²) in [5, 5.41) is 28.7. The van der Waals surface area contributed by atoms with Crippen molar-refractivity contribution in [2.24, 2.45) is 0 Å². The number of fused-ring (bicyclic) bond motifs is 3.